The molecule has 0 spiro atoms. The zero-order chi connectivity index (χ0) is 7.73. The van der Waals surface area contributed by atoms with Crippen LogP contribution in [-0.2, 0) is 9.05 Å². The van der Waals surface area contributed by atoms with Crippen molar-refractivity contribution in [2.75, 3.05) is 19.8 Å². The summed E-state index contributed by atoms with van der Waals surface area (Å²) in [7, 11) is 0. The van der Waals surface area contributed by atoms with E-state index in [0.29, 0.717) is 0 Å². The molecule has 11 heavy (non-hydrogen) atoms. The molecule has 0 aromatic rings. The molecule has 0 aliphatic carbocycles. The molecular formula is C7H13O3Sb. The molecule has 0 aromatic heterocycles. The van der Waals surface area contributed by atoms with Gasteiger partial charge in [0.25, 0.3) is 0 Å². The van der Waals surface area contributed by atoms with Crippen LogP contribution in [0.3, 0.4) is 0 Å². The minimum atomic E-state index is -2.01. The summed E-state index contributed by atoms with van der Waals surface area (Å²) in [6, 6.07) is 0. The molecule has 64 valence electrons. The Labute approximate surface area is 75.7 Å². The molecule has 0 saturated carbocycles. The number of rotatable bonds is 2. The van der Waals surface area contributed by atoms with E-state index in [2.05, 4.69) is 6.92 Å². The summed E-state index contributed by atoms with van der Waals surface area (Å²) in [5.74, 6) is 0. The second-order valence-corrected chi connectivity index (χ2v) is 6.78. The van der Waals surface area contributed by atoms with Gasteiger partial charge < -0.3 is 0 Å². The standard InChI is InChI=1S/C7H13O3.Sb/c1-2-3-7(4-8,5-9)6-10;/h2-6H2,1H3;/q-3;+3. The van der Waals surface area contributed by atoms with Gasteiger partial charge in [-0.2, -0.15) is 0 Å². The first-order valence-electron chi connectivity index (χ1n) is 4.04. The van der Waals surface area contributed by atoms with Gasteiger partial charge in [0.15, 0.2) is 0 Å². The van der Waals surface area contributed by atoms with E-state index in [0.717, 1.165) is 19.8 Å². The predicted molar refractivity (Wildman–Crippen MR) is 41.0 cm³/mol. The molecule has 3 aliphatic rings. The van der Waals surface area contributed by atoms with Crippen LogP contribution in [0.2, 0.25) is 0 Å². The Hall–Kier alpha value is 0.698. The zero-order valence-electron chi connectivity index (χ0n) is 6.71. The zero-order valence-corrected chi connectivity index (χ0v) is 9.26. The Kier molecular flexibility index (Phi) is 2.42. The van der Waals surface area contributed by atoms with Crippen molar-refractivity contribution in [2.45, 2.75) is 19.8 Å². The van der Waals surface area contributed by atoms with E-state index in [1.54, 1.807) is 0 Å². The summed E-state index contributed by atoms with van der Waals surface area (Å²) in [6.45, 7) is 4.87. The van der Waals surface area contributed by atoms with Crippen molar-refractivity contribution in [1.29, 1.82) is 0 Å². The molecule has 3 fully saturated rings. The molecule has 3 heterocycles. The van der Waals surface area contributed by atoms with Crippen LogP contribution in [0.5, 0.6) is 0 Å². The average molecular weight is 267 g/mol. The maximum absolute atomic E-state index is 5.47. The van der Waals surface area contributed by atoms with Gasteiger partial charge in [0.05, 0.1) is 0 Å². The van der Waals surface area contributed by atoms with Gasteiger partial charge in [0, 0.05) is 0 Å². The molecule has 0 atom stereocenters. The van der Waals surface area contributed by atoms with E-state index in [1.165, 1.54) is 12.8 Å². The van der Waals surface area contributed by atoms with E-state index in [9.17, 15) is 0 Å². The third-order valence-corrected chi connectivity index (χ3v) is 5.12. The molecule has 3 saturated heterocycles. The molecule has 3 nitrogen and oxygen atoms in total. The van der Waals surface area contributed by atoms with Gasteiger partial charge in [-0.1, -0.05) is 0 Å². The molecule has 0 aromatic carbocycles. The molecule has 0 unspecified atom stereocenters. The van der Waals surface area contributed by atoms with E-state index in [-0.39, 0.29) is 5.41 Å². The normalized spacial score (nSPS) is 29.2. The van der Waals surface area contributed by atoms with Gasteiger partial charge in [0.2, 0.25) is 0 Å². The van der Waals surface area contributed by atoms with Crippen LogP contribution in [0, 0.1) is 5.41 Å². The summed E-state index contributed by atoms with van der Waals surface area (Å²) in [4.78, 5) is 0. The monoisotopic (exact) mass is 266 g/mol. The number of fused-ring (bicyclic) bond motifs is 3. The van der Waals surface area contributed by atoms with Gasteiger partial charge >= 0.3 is 75.5 Å². The van der Waals surface area contributed by atoms with Crippen molar-refractivity contribution >= 4 is 21.5 Å². The fourth-order valence-corrected chi connectivity index (χ4v) is 5.44. The van der Waals surface area contributed by atoms with Crippen molar-refractivity contribution in [3.05, 3.63) is 0 Å². The third-order valence-electron chi connectivity index (χ3n) is 2.21. The van der Waals surface area contributed by atoms with Crippen molar-refractivity contribution in [2.24, 2.45) is 5.41 Å². The van der Waals surface area contributed by atoms with Crippen molar-refractivity contribution in [3.8, 4) is 0 Å². The molecule has 2 bridgehead atoms. The van der Waals surface area contributed by atoms with Gasteiger partial charge in [0.1, 0.15) is 0 Å². The van der Waals surface area contributed by atoms with Crippen molar-refractivity contribution < 1.29 is 9.05 Å². The average Bonchev–Trinajstić information content (AvgIpc) is 2.07. The first-order valence-corrected chi connectivity index (χ1v) is 7.16. The van der Waals surface area contributed by atoms with E-state index < -0.39 is 21.5 Å². The molecule has 3 rings (SSSR count). The van der Waals surface area contributed by atoms with Crippen molar-refractivity contribution in [1.82, 2.24) is 0 Å². The quantitative estimate of drug-likeness (QED) is 0.694. The summed E-state index contributed by atoms with van der Waals surface area (Å²) in [5.41, 5.74) is 0.216. The Morgan fingerprint density at radius 2 is 1.73 bits per heavy atom. The molecule has 0 amide bonds. The molecule has 4 heteroatoms. The molecule has 3 aliphatic heterocycles. The Bertz CT molecular complexity index is 123. The molecule has 0 N–H and O–H groups in total. The van der Waals surface area contributed by atoms with Crippen LogP contribution in [0.1, 0.15) is 19.8 Å². The second kappa shape index (κ2) is 3.21. The first kappa shape index (κ1) is 8.30. The first-order chi connectivity index (χ1) is 5.35. The predicted octanol–water partition coefficient (Wildman–Crippen LogP) is 0.835. The van der Waals surface area contributed by atoms with Gasteiger partial charge in [-0.05, 0) is 0 Å². The fourth-order valence-electron chi connectivity index (χ4n) is 1.55. The third kappa shape index (κ3) is 1.57. The minimum absolute atomic E-state index is 0.216. The summed E-state index contributed by atoms with van der Waals surface area (Å²) < 4.78 is 16.4. The van der Waals surface area contributed by atoms with Gasteiger partial charge in [-0.25, -0.2) is 0 Å². The van der Waals surface area contributed by atoms with Crippen LogP contribution in [0.4, 0.5) is 0 Å². The van der Waals surface area contributed by atoms with Crippen molar-refractivity contribution in [3.63, 3.8) is 0 Å². The number of hydrogen-bond donors (Lipinski definition) is 0. The van der Waals surface area contributed by atoms with E-state index in [1.807, 2.05) is 0 Å². The number of hydrogen-bond acceptors (Lipinski definition) is 3. The molecule has 0 radical (unpaired) electrons. The SMILES string of the molecule is CCCC12C[O][Sb]([O]C1)[O]C2. The van der Waals surface area contributed by atoms with E-state index in [4.69, 9.17) is 9.05 Å². The van der Waals surface area contributed by atoms with Crippen LogP contribution in [0.25, 0.3) is 0 Å². The topological polar surface area (TPSA) is 27.7 Å². The Morgan fingerprint density at radius 1 is 1.18 bits per heavy atom. The summed E-state index contributed by atoms with van der Waals surface area (Å²) in [5, 5.41) is 0. The summed E-state index contributed by atoms with van der Waals surface area (Å²) in [6.07, 6.45) is 2.36. The second-order valence-electron chi connectivity index (χ2n) is 3.29. The Balaban J connectivity index is 2.00. The van der Waals surface area contributed by atoms with Gasteiger partial charge in [-0.15, -0.1) is 0 Å². The van der Waals surface area contributed by atoms with Crippen LogP contribution >= 0.6 is 0 Å². The molecular weight excluding hydrogens is 254 g/mol. The fraction of sp³-hybridized carbons (Fsp3) is 1.00. The summed E-state index contributed by atoms with van der Waals surface area (Å²) >= 11 is -2.01. The van der Waals surface area contributed by atoms with Crippen LogP contribution < -0.4 is 0 Å². The van der Waals surface area contributed by atoms with Crippen LogP contribution in [-0.4, -0.2) is 41.3 Å². The maximum atomic E-state index is 5.47. The van der Waals surface area contributed by atoms with Crippen LogP contribution in [0.15, 0.2) is 0 Å². The Morgan fingerprint density at radius 3 is 2.18 bits per heavy atom. The van der Waals surface area contributed by atoms with Gasteiger partial charge in [-0.3, -0.25) is 0 Å². The van der Waals surface area contributed by atoms with E-state index >= 15 is 0 Å².